The fraction of sp³-hybridized carbons (Fsp3) is 0.350. The maximum absolute atomic E-state index is 13.1. The van der Waals surface area contributed by atoms with E-state index in [-0.39, 0.29) is 29.1 Å². The Balaban J connectivity index is 0.000000926. The van der Waals surface area contributed by atoms with Crippen molar-refractivity contribution in [2.45, 2.75) is 38.7 Å². The Kier molecular flexibility index (Phi) is 9.17. The molecule has 38 heavy (non-hydrogen) atoms. The van der Waals surface area contributed by atoms with Gasteiger partial charge in [0.2, 0.25) is 5.95 Å². The number of alkyl halides is 6. The number of nitrogens with zero attached hydrogens (tertiary/aromatic N) is 5. The molecule has 0 aliphatic carbocycles. The summed E-state index contributed by atoms with van der Waals surface area (Å²) in [4.78, 5) is 24.2. The van der Waals surface area contributed by atoms with Gasteiger partial charge in [0.1, 0.15) is 17.1 Å². The van der Waals surface area contributed by atoms with Crippen molar-refractivity contribution in [3.05, 3.63) is 47.9 Å². The average Bonchev–Trinajstić information content (AvgIpc) is 2.75. The smallest absolute Gasteiger partial charge is 0.324 e. The van der Waals surface area contributed by atoms with Crippen LogP contribution < -0.4 is 10.8 Å². The third-order valence-corrected chi connectivity index (χ3v) is 3.66. The molecule has 3 N–H and O–H groups in total. The molecular weight excluding hydrogens is 548 g/mol. The van der Waals surface area contributed by atoms with E-state index in [4.69, 9.17) is 9.39 Å². The van der Waals surface area contributed by atoms with E-state index in [9.17, 15) is 34.8 Å². The van der Waals surface area contributed by atoms with Gasteiger partial charge in [-0.3, -0.25) is 14.4 Å². The Bertz CT molecular complexity index is 1350. The molecule has 3 rings (SSSR count). The van der Waals surface area contributed by atoms with Crippen molar-refractivity contribution < 1.29 is 44.2 Å². The predicted molar refractivity (Wildman–Crippen MR) is 123 cm³/mol. The number of aromatic nitrogens is 5. The van der Waals surface area contributed by atoms with Gasteiger partial charge >= 0.3 is 12.4 Å². The van der Waals surface area contributed by atoms with Gasteiger partial charge in [0.25, 0.3) is 16.1 Å². The molecule has 0 saturated heterocycles. The number of hydrogen-bond donors (Lipinski definition) is 3. The summed E-state index contributed by atoms with van der Waals surface area (Å²) in [5, 5.41) is 2.56. The molecule has 0 radical (unpaired) electrons. The normalized spacial score (nSPS) is 12.4. The standard InChI is InChI=1S/C19H17F6N7O.CH4O3S/c1-17(2,3)33-32-16-30-14(11-5-4-6-12(28-11)18(20,21)22)29-15(31-16)27-10-7-8-26-13(9-10)19(23,24)25;1-5(2,3)4/h4-9H,1-3H3,(H2,26,27,29,30,31,32);1H3,(H,2,3,4). The molecule has 0 aliphatic heterocycles. The Morgan fingerprint density at radius 1 is 0.868 bits per heavy atom. The summed E-state index contributed by atoms with van der Waals surface area (Å²) in [6, 6.07) is 5.11. The number of anilines is 3. The number of hydrogen-bond acceptors (Lipinski definition) is 10. The maximum atomic E-state index is 13.1. The van der Waals surface area contributed by atoms with Crippen molar-refractivity contribution in [2.75, 3.05) is 17.1 Å². The summed E-state index contributed by atoms with van der Waals surface area (Å²) < 4.78 is 104. The van der Waals surface area contributed by atoms with E-state index >= 15 is 0 Å². The third-order valence-electron chi connectivity index (χ3n) is 3.66. The van der Waals surface area contributed by atoms with Crippen molar-refractivity contribution in [3.8, 4) is 11.5 Å². The molecule has 0 amide bonds. The highest BCUT2D eigenvalue weighted by Gasteiger charge is 2.33. The van der Waals surface area contributed by atoms with Crippen LogP contribution in [0.3, 0.4) is 0 Å². The zero-order valence-electron chi connectivity index (χ0n) is 20.0. The molecule has 0 aliphatic rings. The van der Waals surface area contributed by atoms with E-state index in [0.717, 1.165) is 24.4 Å². The van der Waals surface area contributed by atoms with Crippen molar-refractivity contribution in [3.63, 3.8) is 0 Å². The lowest BCUT2D eigenvalue weighted by molar-refractivity contribution is -0.141. The molecule has 0 fully saturated rings. The molecular formula is C20H21F6N7O4S. The lowest BCUT2D eigenvalue weighted by Gasteiger charge is -2.19. The molecule has 3 aromatic heterocycles. The predicted octanol–water partition coefficient (Wildman–Crippen LogP) is 4.76. The lowest BCUT2D eigenvalue weighted by Crippen LogP contribution is -2.24. The molecule has 0 spiro atoms. The minimum Gasteiger partial charge on any atom is -0.324 e. The molecule has 18 heteroatoms. The third kappa shape index (κ3) is 10.8. The van der Waals surface area contributed by atoms with E-state index in [0.29, 0.717) is 6.26 Å². The molecule has 11 nitrogen and oxygen atoms in total. The largest absolute Gasteiger partial charge is 0.433 e. The number of rotatable bonds is 5. The number of pyridine rings is 2. The van der Waals surface area contributed by atoms with Crippen molar-refractivity contribution in [2.24, 2.45) is 0 Å². The molecule has 0 atom stereocenters. The van der Waals surface area contributed by atoms with E-state index in [2.05, 4.69) is 35.7 Å². The van der Waals surface area contributed by atoms with E-state index in [1.165, 1.54) is 12.1 Å². The van der Waals surface area contributed by atoms with Crippen LogP contribution in [-0.4, -0.2) is 49.7 Å². The van der Waals surface area contributed by atoms with Gasteiger partial charge in [0, 0.05) is 11.9 Å². The summed E-state index contributed by atoms with van der Waals surface area (Å²) in [5.74, 6) is -0.746. The van der Waals surface area contributed by atoms with E-state index in [1.807, 2.05) is 0 Å². The first-order valence-electron chi connectivity index (χ1n) is 10.2. The van der Waals surface area contributed by atoms with Crippen LogP contribution in [0.25, 0.3) is 11.5 Å². The first kappa shape index (κ1) is 30.6. The summed E-state index contributed by atoms with van der Waals surface area (Å²) >= 11 is 0. The van der Waals surface area contributed by atoms with E-state index < -0.39 is 39.5 Å². The van der Waals surface area contributed by atoms with Gasteiger partial charge in [-0.05, 0) is 45.0 Å². The number of halogens is 6. The fourth-order valence-electron chi connectivity index (χ4n) is 2.30. The van der Waals surface area contributed by atoms with Crippen molar-refractivity contribution >= 4 is 27.7 Å². The summed E-state index contributed by atoms with van der Waals surface area (Å²) in [6.07, 6.45) is -7.74. The van der Waals surface area contributed by atoms with Gasteiger partial charge in [-0.2, -0.15) is 49.7 Å². The monoisotopic (exact) mass is 569 g/mol. The van der Waals surface area contributed by atoms with Gasteiger partial charge in [-0.25, -0.2) is 10.5 Å². The Hall–Kier alpha value is -3.64. The van der Waals surface area contributed by atoms with Gasteiger partial charge < -0.3 is 5.32 Å². The second kappa shape index (κ2) is 11.4. The summed E-state index contributed by atoms with van der Waals surface area (Å²) in [7, 11) is -3.67. The first-order chi connectivity index (χ1) is 17.2. The van der Waals surface area contributed by atoms with Crippen LogP contribution in [0.15, 0.2) is 36.5 Å². The highest BCUT2D eigenvalue weighted by molar-refractivity contribution is 7.85. The molecule has 0 unspecified atom stereocenters. The topological polar surface area (TPSA) is 152 Å². The van der Waals surface area contributed by atoms with Crippen LogP contribution >= 0.6 is 0 Å². The summed E-state index contributed by atoms with van der Waals surface area (Å²) in [6.45, 7) is 5.14. The minimum atomic E-state index is -4.70. The maximum Gasteiger partial charge on any atom is 0.433 e. The summed E-state index contributed by atoms with van der Waals surface area (Å²) in [5.41, 5.74) is -0.857. The first-order valence-corrected chi connectivity index (χ1v) is 12.0. The molecule has 3 aromatic rings. The van der Waals surface area contributed by atoms with Crippen LogP contribution in [0.1, 0.15) is 32.2 Å². The van der Waals surface area contributed by atoms with Crippen LogP contribution in [-0.2, 0) is 27.3 Å². The second-order valence-electron chi connectivity index (χ2n) is 8.31. The minimum absolute atomic E-state index is 0.0610. The highest BCUT2D eigenvalue weighted by Crippen LogP contribution is 2.31. The number of nitrogens with one attached hydrogen (secondary N) is 2. The quantitative estimate of drug-likeness (QED) is 0.222. The molecule has 208 valence electrons. The van der Waals surface area contributed by atoms with Gasteiger partial charge in [-0.15, -0.1) is 0 Å². The molecule has 0 saturated carbocycles. The van der Waals surface area contributed by atoms with Crippen LogP contribution in [0.2, 0.25) is 0 Å². The Morgan fingerprint density at radius 2 is 1.45 bits per heavy atom. The fourth-order valence-corrected chi connectivity index (χ4v) is 2.30. The van der Waals surface area contributed by atoms with Crippen LogP contribution in [0, 0.1) is 0 Å². The SMILES string of the molecule is CC(C)(C)ONc1nc(Nc2ccnc(C(F)(F)F)c2)nc(-c2cccc(C(F)(F)F)n2)n1.CS(=O)(=O)O. The van der Waals surface area contributed by atoms with Gasteiger partial charge in [0.05, 0.1) is 11.9 Å². The highest BCUT2D eigenvalue weighted by atomic mass is 32.2. The average molecular weight is 569 g/mol. The zero-order chi connectivity index (χ0) is 28.9. The van der Waals surface area contributed by atoms with E-state index in [1.54, 1.807) is 20.8 Å². The molecule has 3 heterocycles. The zero-order valence-corrected chi connectivity index (χ0v) is 20.9. The van der Waals surface area contributed by atoms with Crippen LogP contribution in [0.4, 0.5) is 43.9 Å². The van der Waals surface area contributed by atoms with Gasteiger partial charge in [-0.1, -0.05) is 6.07 Å². The van der Waals surface area contributed by atoms with Crippen molar-refractivity contribution in [1.29, 1.82) is 0 Å². The lowest BCUT2D eigenvalue weighted by atomic mass is 10.2. The molecule has 0 aromatic carbocycles. The van der Waals surface area contributed by atoms with Gasteiger partial charge in [0.15, 0.2) is 5.82 Å². The molecule has 0 bridgehead atoms. The second-order valence-corrected chi connectivity index (χ2v) is 9.78. The Morgan fingerprint density at radius 3 is 2.00 bits per heavy atom. The van der Waals surface area contributed by atoms with Crippen molar-refractivity contribution in [1.82, 2.24) is 24.9 Å². The van der Waals surface area contributed by atoms with Crippen LogP contribution in [0.5, 0.6) is 0 Å². The Labute approximate surface area is 212 Å².